The Labute approximate surface area is 106 Å². The molecule has 1 fully saturated rings. The van der Waals surface area contributed by atoms with E-state index in [0.717, 1.165) is 18.5 Å². The summed E-state index contributed by atoms with van der Waals surface area (Å²) < 4.78 is 7.46. The first-order chi connectivity index (χ1) is 8.75. The van der Waals surface area contributed by atoms with Crippen LogP contribution in [0, 0.1) is 0 Å². The van der Waals surface area contributed by atoms with Gasteiger partial charge in [-0.1, -0.05) is 19.3 Å². The monoisotopic (exact) mass is 246 g/mol. The van der Waals surface area contributed by atoms with Crippen LogP contribution in [0.3, 0.4) is 0 Å². The SMILES string of the molecule is NC1(COc2ccn3nccc3n2)CCCCC1. The van der Waals surface area contributed by atoms with E-state index < -0.39 is 0 Å². The average molecular weight is 246 g/mol. The average Bonchev–Trinajstić information content (AvgIpc) is 2.85. The minimum atomic E-state index is -0.174. The highest BCUT2D eigenvalue weighted by molar-refractivity contribution is 5.37. The van der Waals surface area contributed by atoms with Gasteiger partial charge in [-0.2, -0.15) is 10.1 Å². The number of hydrogen-bond donors (Lipinski definition) is 1. The van der Waals surface area contributed by atoms with Crippen LogP contribution in [0.15, 0.2) is 24.5 Å². The smallest absolute Gasteiger partial charge is 0.216 e. The molecule has 0 spiro atoms. The zero-order valence-corrected chi connectivity index (χ0v) is 10.4. The van der Waals surface area contributed by atoms with Crippen LogP contribution >= 0.6 is 0 Å². The molecule has 1 aliphatic rings. The Hall–Kier alpha value is -1.62. The number of fused-ring (bicyclic) bond motifs is 1. The molecule has 0 aliphatic heterocycles. The molecule has 0 amide bonds. The number of ether oxygens (including phenoxy) is 1. The largest absolute Gasteiger partial charge is 0.476 e. The van der Waals surface area contributed by atoms with Crippen LogP contribution in [-0.4, -0.2) is 26.7 Å². The Morgan fingerprint density at radius 3 is 2.94 bits per heavy atom. The first-order valence-corrected chi connectivity index (χ1v) is 6.47. The van der Waals surface area contributed by atoms with E-state index >= 15 is 0 Å². The maximum atomic E-state index is 6.33. The fourth-order valence-electron chi connectivity index (χ4n) is 2.49. The van der Waals surface area contributed by atoms with E-state index in [4.69, 9.17) is 10.5 Å². The second-order valence-electron chi connectivity index (χ2n) is 5.11. The Balaban J connectivity index is 1.68. The molecule has 0 aromatic carbocycles. The predicted molar refractivity (Wildman–Crippen MR) is 68.5 cm³/mol. The molecule has 18 heavy (non-hydrogen) atoms. The maximum Gasteiger partial charge on any atom is 0.216 e. The van der Waals surface area contributed by atoms with Crippen molar-refractivity contribution >= 4 is 5.65 Å². The van der Waals surface area contributed by atoms with Crippen molar-refractivity contribution in [2.24, 2.45) is 5.73 Å². The third-order valence-electron chi connectivity index (χ3n) is 3.59. The molecule has 2 aromatic heterocycles. The van der Waals surface area contributed by atoms with E-state index in [1.165, 1.54) is 19.3 Å². The van der Waals surface area contributed by atoms with Gasteiger partial charge in [-0.3, -0.25) is 0 Å². The molecule has 2 N–H and O–H groups in total. The Bertz CT molecular complexity index is 531. The third kappa shape index (κ3) is 2.31. The van der Waals surface area contributed by atoms with E-state index in [-0.39, 0.29) is 5.54 Å². The van der Waals surface area contributed by atoms with Gasteiger partial charge in [0.05, 0.1) is 11.7 Å². The molecule has 1 saturated carbocycles. The zero-order chi connectivity index (χ0) is 12.4. The van der Waals surface area contributed by atoms with Crippen molar-refractivity contribution in [2.75, 3.05) is 6.61 Å². The van der Waals surface area contributed by atoms with Crippen LogP contribution in [0.5, 0.6) is 5.88 Å². The highest BCUT2D eigenvalue weighted by Crippen LogP contribution is 2.26. The Morgan fingerprint density at radius 1 is 1.28 bits per heavy atom. The quantitative estimate of drug-likeness (QED) is 0.896. The van der Waals surface area contributed by atoms with Crippen molar-refractivity contribution in [2.45, 2.75) is 37.6 Å². The lowest BCUT2D eigenvalue weighted by atomic mass is 9.83. The summed E-state index contributed by atoms with van der Waals surface area (Å²) in [7, 11) is 0. The van der Waals surface area contributed by atoms with Gasteiger partial charge >= 0.3 is 0 Å². The standard InChI is InChI=1S/C13H18N4O/c14-13(6-2-1-3-7-13)10-18-12-5-9-17-11(16-12)4-8-15-17/h4-5,8-9H,1-3,6-7,10,14H2. The van der Waals surface area contributed by atoms with Gasteiger partial charge in [0.2, 0.25) is 5.88 Å². The molecule has 0 atom stereocenters. The van der Waals surface area contributed by atoms with E-state index in [1.807, 2.05) is 18.3 Å². The van der Waals surface area contributed by atoms with E-state index in [9.17, 15) is 0 Å². The van der Waals surface area contributed by atoms with Crippen LogP contribution in [-0.2, 0) is 0 Å². The summed E-state index contributed by atoms with van der Waals surface area (Å²) in [6, 6.07) is 3.68. The fourth-order valence-corrected chi connectivity index (χ4v) is 2.49. The fraction of sp³-hybridized carbons (Fsp3) is 0.538. The molecule has 0 bridgehead atoms. The predicted octanol–water partition coefficient (Wildman–Crippen LogP) is 1.77. The molecule has 96 valence electrons. The summed E-state index contributed by atoms with van der Waals surface area (Å²) in [5.41, 5.74) is 6.95. The topological polar surface area (TPSA) is 65.4 Å². The van der Waals surface area contributed by atoms with Crippen LogP contribution in [0.25, 0.3) is 5.65 Å². The zero-order valence-electron chi connectivity index (χ0n) is 10.4. The van der Waals surface area contributed by atoms with Gasteiger partial charge in [-0.15, -0.1) is 0 Å². The number of nitrogens with zero attached hydrogens (tertiary/aromatic N) is 3. The first kappa shape index (κ1) is 11.5. The van der Waals surface area contributed by atoms with Gasteiger partial charge in [0.25, 0.3) is 0 Å². The number of hydrogen-bond acceptors (Lipinski definition) is 4. The summed E-state index contributed by atoms with van der Waals surface area (Å²) in [5, 5.41) is 4.10. The molecule has 2 heterocycles. The minimum Gasteiger partial charge on any atom is -0.476 e. The van der Waals surface area contributed by atoms with Crippen LogP contribution in [0.4, 0.5) is 0 Å². The molecule has 0 radical (unpaired) electrons. The summed E-state index contributed by atoms with van der Waals surface area (Å²) in [5.74, 6) is 0.624. The lowest BCUT2D eigenvalue weighted by molar-refractivity contribution is 0.169. The van der Waals surface area contributed by atoms with Gasteiger partial charge in [-0.25, -0.2) is 4.52 Å². The Kier molecular flexibility index (Phi) is 2.91. The molecule has 0 saturated heterocycles. The number of nitrogens with two attached hydrogens (primary N) is 1. The van der Waals surface area contributed by atoms with Crippen molar-refractivity contribution in [1.82, 2.24) is 14.6 Å². The lowest BCUT2D eigenvalue weighted by Crippen LogP contribution is -2.47. The van der Waals surface area contributed by atoms with Gasteiger partial charge in [0, 0.05) is 18.3 Å². The summed E-state index contributed by atoms with van der Waals surface area (Å²) >= 11 is 0. The van der Waals surface area contributed by atoms with E-state index in [0.29, 0.717) is 12.5 Å². The summed E-state index contributed by atoms with van der Waals surface area (Å²) in [6.45, 7) is 0.546. The van der Waals surface area contributed by atoms with Crippen LogP contribution < -0.4 is 10.5 Å². The van der Waals surface area contributed by atoms with Crippen molar-refractivity contribution in [3.05, 3.63) is 24.5 Å². The van der Waals surface area contributed by atoms with Crippen LogP contribution in [0.2, 0.25) is 0 Å². The molecule has 3 rings (SSSR count). The van der Waals surface area contributed by atoms with Crippen molar-refractivity contribution in [3.63, 3.8) is 0 Å². The first-order valence-electron chi connectivity index (χ1n) is 6.47. The lowest BCUT2D eigenvalue weighted by Gasteiger charge is -2.32. The Morgan fingerprint density at radius 2 is 2.11 bits per heavy atom. The second-order valence-corrected chi connectivity index (χ2v) is 5.11. The van der Waals surface area contributed by atoms with Crippen molar-refractivity contribution < 1.29 is 4.74 Å². The molecule has 0 unspecified atom stereocenters. The summed E-state index contributed by atoms with van der Waals surface area (Å²) in [4.78, 5) is 4.37. The van der Waals surface area contributed by atoms with Gasteiger partial charge in [-0.05, 0) is 12.8 Å². The highest BCUT2D eigenvalue weighted by atomic mass is 16.5. The number of aromatic nitrogens is 3. The maximum absolute atomic E-state index is 6.33. The molecule has 2 aromatic rings. The number of rotatable bonds is 3. The second kappa shape index (κ2) is 4.57. The molecular formula is C13H18N4O. The molecule has 1 aliphatic carbocycles. The molecule has 5 nitrogen and oxygen atoms in total. The minimum absolute atomic E-state index is 0.174. The normalized spacial score (nSPS) is 18.9. The van der Waals surface area contributed by atoms with Gasteiger partial charge < -0.3 is 10.5 Å². The summed E-state index contributed by atoms with van der Waals surface area (Å²) in [6.07, 6.45) is 9.35. The van der Waals surface area contributed by atoms with Gasteiger partial charge in [0.1, 0.15) is 6.61 Å². The van der Waals surface area contributed by atoms with E-state index in [1.54, 1.807) is 10.7 Å². The molecular weight excluding hydrogens is 228 g/mol. The van der Waals surface area contributed by atoms with Crippen molar-refractivity contribution in [3.8, 4) is 5.88 Å². The van der Waals surface area contributed by atoms with Crippen LogP contribution in [0.1, 0.15) is 32.1 Å². The molecule has 5 heteroatoms. The highest BCUT2D eigenvalue weighted by Gasteiger charge is 2.28. The van der Waals surface area contributed by atoms with Gasteiger partial charge in [0.15, 0.2) is 5.65 Å². The van der Waals surface area contributed by atoms with Crippen molar-refractivity contribution in [1.29, 1.82) is 0 Å². The van der Waals surface area contributed by atoms with E-state index in [2.05, 4.69) is 10.1 Å². The third-order valence-corrected chi connectivity index (χ3v) is 3.59.